The van der Waals surface area contributed by atoms with Gasteiger partial charge in [0.25, 0.3) is 0 Å². The number of imide groups is 1. The first-order chi connectivity index (χ1) is 13.5. The molecule has 1 aliphatic rings. The first kappa shape index (κ1) is 18.0. The van der Waals surface area contributed by atoms with Crippen molar-refractivity contribution in [2.75, 3.05) is 18.6 Å². The van der Waals surface area contributed by atoms with Gasteiger partial charge in [0.2, 0.25) is 5.91 Å². The lowest BCUT2D eigenvalue weighted by molar-refractivity contribution is -0.120. The summed E-state index contributed by atoms with van der Waals surface area (Å²) in [6.45, 7) is 4.32. The van der Waals surface area contributed by atoms with Crippen LogP contribution in [0.15, 0.2) is 42.6 Å². The molecule has 0 radical (unpaired) electrons. The van der Waals surface area contributed by atoms with E-state index >= 15 is 0 Å². The first-order valence-electron chi connectivity index (χ1n) is 9.13. The minimum absolute atomic E-state index is 0.259. The van der Waals surface area contributed by atoms with E-state index < -0.39 is 6.03 Å². The summed E-state index contributed by atoms with van der Waals surface area (Å²) in [7, 11) is 1.63. The molecule has 142 valence electrons. The van der Waals surface area contributed by atoms with Crippen LogP contribution in [-0.4, -0.2) is 30.6 Å². The van der Waals surface area contributed by atoms with Gasteiger partial charge in [-0.25, -0.2) is 4.79 Å². The summed E-state index contributed by atoms with van der Waals surface area (Å²) in [5.41, 5.74) is 5.47. The van der Waals surface area contributed by atoms with Crippen LogP contribution in [-0.2, 0) is 4.79 Å². The Morgan fingerprint density at radius 3 is 2.50 bits per heavy atom. The second kappa shape index (κ2) is 6.96. The van der Waals surface area contributed by atoms with E-state index in [0.29, 0.717) is 17.7 Å². The summed E-state index contributed by atoms with van der Waals surface area (Å²) >= 11 is 0. The van der Waals surface area contributed by atoms with Gasteiger partial charge in [-0.2, -0.15) is 0 Å². The molecular formula is C22H21N3O3. The Bertz CT molecular complexity index is 1090. The Labute approximate surface area is 163 Å². The maximum atomic E-state index is 12.4. The lowest BCUT2D eigenvalue weighted by Crippen LogP contribution is -2.49. The number of ether oxygens (including phenoxy) is 1. The van der Waals surface area contributed by atoms with Gasteiger partial charge in [0, 0.05) is 30.1 Å². The fourth-order valence-corrected chi connectivity index (χ4v) is 3.57. The van der Waals surface area contributed by atoms with Crippen LogP contribution < -0.4 is 15.0 Å². The SMILES string of the molecule is COc1c(C)cc(N2CCC(=O)NC2=O)c2ncc(-c3ccc(C)cc3)cc12. The van der Waals surface area contributed by atoms with Crippen LogP contribution in [0, 0.1) is 13.8 Å². The maximum absolute atomic E-state index is 12.4. The molecule has 1 aliphatic heterocycles. The predicted molar refractivity (Wildman–Crippen MR) is 109 cm³/mol. The Kier molecular flexibility index (Phi) is 4.47. The van der Waals surface area contributed by atoms with Gasteiger partial charge in [-0.05, 0) is 37.1 Å². The molecular weight excluding hydrogens is 354 g/mol. The second-order valence-electron chi connectivity index (χ2n) is 6.99. The highest BCUT2D eigenvalue weighted by molar-refractivity contribution is 6.10. The smallest absolute Gasteiger partial charge is 0.328 e. The molecule has 3 amide bonds. The first-order valence-corrected chi connectivity index (χ1v) is 9.13. The van der Waals surface area contributed by atoms with Gasteiger partial charge in [0.15, 0.2) is 0 Å². The summed E-state index contributed by atoms with van der Waals surface area (Å²) in [5.74, 6) is 0.471. The number of nitrogens with one attached hydrogen (secondary N) is 1. The summed E-state index contributed by atoms with van der Waals surface area (Å²) in [5, 5.41) is 3.21. The van der Waals surface area contributed by atoms with Crippen molar-refractivity contribution in [3.63, 3.8) is 0 Å². The summed E-state index contributed by atoms with van der Waals surface area (Å²) in [4.78, 5) is 30.1. The number of carbonyl (C=O) groups is 2. The van der Waals surface area contributed by atoms with Gasteiger partial charge in [-0.1, -0.05) is 29.8 Å². The number of aromatic nitrogens is 1. The minimum Gasteiger partial charge on any atom is -0.496 e. The highest BCUT2D eigenvalue weighted by atomic mass is 16.5. The fraction of sp³-hybridized carbons (Fsp3) is 0.227. The van der Waals surface area contributed by atoms with Crippen molar-refractivity contribution < 1.29 is 14.3 Å². The van der Waals surface area contributed by atoms with E-state index in [0.717, 1.165) is 27.8 Å². The number of pyridine rings is 1. The van der Waals surface area contributed by atoms with Gasteiger partial charge < -0.3 is 4.74 Å². The van der Waals surface area contributed by atoms with Crippen LogP contribution in [0.5, 0.6) is 5.75 Å². The molecule has 1 saturated heterocycles. The quantitative estimate of drug-likeness (QED) is 0.752. The topological polar surface area (TPSA) is 71.5 Å². The van der Waals surface area contributed by atoms with Gasteiger partial charge in [0.05, 0.1) is 18.3 Å². The van der Waals surface area contributed by atoms with Crippen LogP contribution in [0.3, 0.4) is 0 Å². The third-order valence-corrected chi connectivity index (χ3v) is 5.02. The number of hydrogen-bond acceptors (Lipinski definition) is 4. The van der Waals surface area contributed by atoms with E-state index in [1.165, 1.54) is 5.56 Å². The zero-order valence-electron chi connectivity index (χ0n) is 16.1. The molecule has 1 N–H and O–H groups in total. The zero-order chi connectivity index (χ0) is 19.8. The van der Waals surface area contributed by atoms with Crippen molar-refractivity contribution in [3.8, 4) is 16.9 Å². The van der Waals surface area contributed by atoms with Crippen molar-refractivity contribution in [1.82, 2.24) is 10.3 Å². The number of aryl methyl sites for hydroxylation is 2. The molecule has 1 fully saturated rings. The number of anilines is 1. The average molecular weight is 375 g/mol. The monoisotopic (exact) mass is 375 g/mol. The third kappa shape index (κ3) is 3.07. The van der Waals surface area contributed by atoms with Gasteiger partial charge in [-0.3, -0.25) is 20.0 Å². The van der Waals surface area contributed by atoms with Crippen LogP contribution in [0.1, 0.15) is 17.5 Å². The number of fused-ring (bicyclic) bond motifs is 1. The lowest BCUT2D eigenvalue weighted by atomic mass is 10.0. The molecule has 28 heavy (non-hydrogen) atoms. The standard InChI is InChI=1S/C22H21N3O3/c1-13-4-6-15(7-5-13)16-11-17-20(23-12-16)18(10-14(2)21(17)28-3)25-9-8-19(26)24-22(25)27/h4-7,10-12H,8-9H2,1-3H3,(H,24,26,27). The number of urea groups is 1. The van der Waals surface area contributed by atoms with Crippen LogP contribution >= 0.6 is 0 Å². The fourth-order valence-electron chi connectivity index (χ4n) is 3.57. The number of benzene rings is 2. The molecule has 6 nitrogen and oxygen atoms in total. The van der Waals surface area contributed by atoms with Gasteiger partial charge in [0.1, 0.15) is 5.75 Å². The van der Waals surface area contributed by atoms with Crippen LogP contribution in [0.4, 0.5) is 10.5 Å². The Morgan fingerprint density at radius 1 is 1.07 bits per heavy atom. The lowest BCUT2D eigenvalue weighted by Gasteiger charge is -2.28. The number of rotatable bonds is 3. The van der Waals surface area contributed by atoms with Gasteiger partial charge in [-0.15, -0.1) is 0 Å². The Morgan fingerprint density at radius 2 is 1.82 bits per heavy atom. The molecule has 0 aliphatic carbocycles. The van der Waals surface area contributed by atoms with Crippen molar-refractivity contribution in [2.45, 2.75) is 20.3 Å². The van der Waals surface area contributed by atoms with E-state index in [9.17, 15) is 9.59 Å². The van der Waals surface area contributed by atoms with Crippen molar-refractivity contribution >= 4 is 28.5 Å². The van der Waals surface area contributed by atoms with E-state index in [1.54, 1.807) is 18.2 Å². The maximum Gasteiger partial charge on any atom is 0.328 e. The number of methoxy groups -OCH3 is 1. The average Bonchev–Trinajstić information content (AvgIpc) is 2.68. The highest BCUT2D eigenvalue weighted by Crippen LogP contribution is 2.38. The highest BCUT2D eigenvalue weighted by Gasteiger charge is 2.27. The number of amides is 3. The third-order valence-electron chi connectivity index (χ3n) is 5.02. The van der Waals surface area contributed by atoms with Crippen molar-refractivity contribution in [1.29, 1.82) is 0 Å². The minimum atomic E-state index is -0.425. The molecule has 2 heterocycles. The normalized spacial score (nSPS) is 14.3. The zero-order valence-corrected chi connectivity index (χ0v) is 16.1. The van der Waals surface area contributed by atoms with Crippen molar-refractivity contribution in [2.24, 2.45) is 0 Å². The molecule has 0 atom stereocenters. The van der Waals surface area contributed by atoms with Gasteiger partial charge >= 0.3 is 6.03 Å². The molecule has 6 heteroatoms. The molecule has 0 bridgehead atoms. The molecule has 3 aromatic rings. The van der Waals surface area contributed by atoms with E-state index in [-0.39, 0.29) is 12.3 Å². The second-order valence-corrected chi connectivity index (χ2v) is 6.99. The number of nitrogens with zero attached hydrogens (tertiary/aromatic N) is 2. The molecule has 4 rings (SSSR count). The van der Waals surface area contributed by atoms with Crippen molar-refractivity contribution in [3.05, 3.63) is 53.7 Å². The molecule has 0 spiro atoms. The summed E-state index contributed by atoms with van der Waals surface area (Å²) in [6.07, 6.45) is 2.07. The molecule has 0 unspecified atom stereocenters. The molecule has 2 aromatic carbocycles. The van der Waals surface area contributed by atoms with E-state index in [4.69, 9.17) is 4.74 Å². The largest absolute Gasteiger partial charge is 0.496 e. The Hall–Kier alpha value is -3.41. The Balaban J connectivity index is 1.89. The van der Waals surface area contributed by atoms with E-state index in [2.05, 4.69) is 41.5 Å². The number of hydrogen-bond donors (Lipinski definition) is 1. The molecule has 0 saturated carbocycles. The number of carbonyl (C=O) groups excluding carboxylic acids is 2. The van der Waals surface area contributed by atoms with Crippen LogP contribution in [0.2, 0.25) is 0 Å². The summed E-state index contributed by atoms with van der Waals surface area (Å²) < 4.78 is 5.64. The van der Waals surface area contributed by atoms with Crippen LogP contribution in [0.25, 0.3) is 22.0 Å². The van der Waals surface area contributed by atoms with E-state index in [1.807, 2.05) is 19.1 Å². The summed E-state index contributed by atoms with van der Waals surface area (Å²) in [6, 6.07) is 11.7. The molecule has 1 aromatic heterocycles. The predicted octanol–water partition coefficient (Wildman–Crippen LogP) is 3.97.